The first-order chi connectivity index (χ1) is 18.0. The van der Waals surface area contributed by atoms with Crippen molar-refractivity contribution >= 4 is 28.4 Å². The summed E-state index contributed by atoms with van der Waals surface area (Å²) in [6.45, 7) is 8.37. The van der Waals surface area contributed by atoms with Gasteiger partial charge in [-0.15, -0.1) is 0 Å². The number of benzene rings is 3. The highest BCUT2D eigenvalue weighted by Gasteiger charge is 2.31. The lowest BCUT2D eigenvalue weighted by Gasteiger charge is -2.34. The topological polar surface area (TPSA) is 86.3 Å². The molecule has 1 atom stereocenters. The number of carbonyl (C=O) groups is 1. The predicted molar refractivity (Wildman–Crippen MR) is 145 cm³/mol. The Bertz CT molecular complexity index is 1430. The van der Waals surface area contributed by atoms with E-state index in [1.807, 2.05) is 62.4 Å². The number of anilines is 2. The maximum Gasteiger partial charge on any atom is 0.248 e. The summed E-state index contributed by atoms with van der Waals surface area (Å²) in [5.41, 5.74) is 5.94. The summed E-state index contributed by atoms with van der Waals surface area (Å²) in [4.78, 5) is 26.8. The molecule has 0 bridgehead atoms. The number of rotatable bonds is 6. The lowest BCUT2D eigenvalue weighted by molar-refractivity contribution is -0.914. The van der Waals surface area contributed by atoms with Crippen molar-refractivity contribution in [2.45, 2.75) is 26.3 Å². The third-order valence-electron chi connectivity index (χ3n) is 6.80. The van der Waals surface area contributed by atoms with Gasteiger partial charge in [-0.25, -0.2) is 9.97 Å². The molecule has 1 fully saturated rings. The molecule has 37 heavy (non-hydrogen) atoms. The van der Waals surface area contributed by atoms with Gasteiger partial charge in [0, 0.05) is 11.3 Å². The average molecular weight is 492 g/mol. The molecule has 0 radical (unpaired) electrons. The predicted octanol–water partition coefficient (Wildman–Crippen LogP) is 3.40. The largest absolute Gasteiger partial charge is 0.344 e. The second-order valence-electron chi connectivity index (χ2n) is 9.75. The number of nitrogens with one attached hydrogen (secondary N) is 2. The van der Waals surface area contributed by atoms with Crippen molar-refractivity contribution in [1.29, 1.82) is 5.26 Å². The van der Waals surface area contributed by atoms with Gasteiger partial charge in [0.1, 0.15) is 12.2 Å². The summed E-state index contributed by atoms with van der Waals surface area (Å²) in [6, 6.07) is 26.2. The third kappa shape index (κ3) is 5.60. The molecule has 2 N–H and O–H groups in total. The van der Waals surface area contributed by atoms with E-state index in [0.29, 0.717) is 22.7 Å². The van der Waals surface area contributed by atoms with Crippen molar-refractivity contribution in [1.82, 2.24) is 9.97 Å². The van der Waals surface area contributed by atoms with Crippen LogP contribution in [0.15, 0.2) is 72.8 Å². The number of nitriles is 1. The standard InChI is InChI=1S/C30H30N6O/c1-21-16-22(2)18-24(17-21)32-30(37)25(19-31)28-29(34-27-11-7-6-10-26(27)33-28)36-14-12-35(13-15-36)20-23-8-4-3-5-9-23/h3-11,16-18,25H,12-15,20H2,1-2H3,(H,32,37)/p+1/t25-/m1/s1. The molecular formula is C30H31N6O+. The van der Waals surface area contributed by atoms with Gasteiger partial charge < -0.3 is 15.1 Å². The van der Waals surface area contributed by atoms with Crippen LogP contribution in [0.3, 0.4) is 0 Å². The summed E-state index contributed by atoms with van der Waals surface area (Å²) in [5, 5.41) is 13.1. The van der Waals surface area contributed by atoms with Crippen LogP contribution in [-0.2, 0) is 11.3 Å². The minimum Gasteiger partial charge on any atom is -0.344 e. The van der Waals surface area contributed by atoms with E-state index in [1.165, 1.54) is 10.5 Å². The third-order valence-corrected chi connectivity index (χ3v) is 6.80. The highest BCUT2D eigenvalue weighted by Crippen LogP contribution is 2.28. The second kappa shape index (κ2) is 10.8. The summed E-state index contributed by atoms with van der Waals surface area (Å²) in [6.07, 6.45) is 0. The number of hydrogen-bond donors (Lipinski definition) is 2. The molecule has 1 saturated heterocycles. The maximum absolute atomic E-state index is 13.4. The van der Waals surface area contributed by atoms with Gasteiger partial charge in [0.15, 0.2) is 11.7 Å². The van der Waals surface area contributed by atoms with Crippen molar-refractivity contribution in [3.8, 4) is 6.07 Å². The van der Waals surface area contributed by atoms with Gasteiger partial charge in [-0.05, 0) is 49.2 Å². The van der Waals surface area contributed by atoms with E-state index in [1.54, 1.807) is 0 Å². The Morgan fingerprint density at radius 2 is 1.59 bits per heavy atom. The Balaban J connectivity index is 1.42. The van der Waals surface area contributed by atoms with Crippen LogP contribution in [0.4, 0.5) is 11.5 Å². The fourth-order valence-corrected chi connectivity index (χ4v) is 5.03. The Labute approximate surface area is 217 Å². The normalized spacial score (nSPS) is 14.8. The fraction of sp³-hybridized carbons (Fsp3) is 0.267. The van der Waals surface area contributed by atoms with Gasteiger partial charge in [-0.1, -0.05) is 48.5 Å². The van der Waals surface area contributed by atoms with E-state index in [9.17, 15) is 10.1 Å². The minimum atomic E-state index is -1.08. The van der Waals surface area contributed by atoms with Crippen molar-refractivity contribution in [3.05, 3.63) is 95.2 Å². The van der Waals surface area contributed by atoms with E-state index >= 15 is 0 Å². The quantitative estimate of drug-likeness (QED) is 0.432. The van der Waals surface area contributed by atoms with E-state index < -0.39 is 11.8 Å². The van der Waals surface area contributed by atoms with Crippen LogP contribution in [-0.4, -0.2) is 42.1 Å². The molecule has 4 aromatic rings. The number of nitrogens with zero attached hydrogens (tertiary/aromatic N) is 4. The van der Waals surface area contributed by atoms with Gasteiger partial charge in [0.25, 0.3) is 0 Å². The SMILES string of the molecule is Cc1cc(C)cc(NC(=O)[C@H](C#N)c2nc3ccccc3nc2N2CC[NH+](Cc3ccccc3)CC2)c1. The summed E-state index contributed by atoms with van der Waals surface area (Å²) >= 11 is 0. The number of hydrogen-bond acceptors (Lipinski definition) is 5. The first kappa shape index (κ1) is 24.4. The van der Waals surface area contributed by atoms with Crippen LogP contribution in [0.5, 0.6) is 0 Å². The molecule has 7 nitrogen and oxygen atoms in total. The molecule has 0 unspecified atom stereocenters. The smallest absolute Gasteiger partial charge is 0.248 e. The average Bonchev–Trinajstić information content (AvgIpc) is 2.89. The zero-order chi connectivity index (χ0) is 25.8. The number of aromatic nitrogens is 2. The van der Waals surface area contributed by atoms with Crippen molar-refractivity contribution < 1.29 is 9.69 Å². The van der Waals surface area contributed by atoms with Gasteiger partial charge >= 0.3 is 0 Å². The van der Waals surface area contributed by atoms with Gasteiger partial charge in [-0.3, -0.25) is 4.79 Å². The van der Waals surface area contributed by atoms with Crippen LogP contribution in [0.25, 0.3) is 11.0 Å². The molecule has 7 heteroatoms. The Kier molecular flexibility index (Phi) is 7.11. The van der Waals surface area contributed by atoms with Crippen LogP contribution in [0.1, 0.15) is 28.3 Å². The molecule has 1 aromatic heterocycles. The van der Waals surface area contributed by atoms with E-state index in [-0.39, 0.29) is 0 Å². The van der Waals surface area contributed by atoms with E-state index in [4.69, 9.17) is 9.97 Å². The number of carbonyl (C=O) groups excluding carboxylic acids is 1. The first-order valence-electron chi connectivity index (χ1n) is 12.7. The number of piperazine rings is 1. The summed E-state index contributed by atoms with van der Waals surface area (Å²) in [5.74, 6) is -0.853. The summed E-state index contributed by atoms with van der Waals surface area (Å²) in [7, 11) is 0. The van der Waals surface area contributed by atoms with Crippen molar-refractivity contribution in [3.63, 3.8) is 0 Å². The lowest BCUT2D eigenvalue weighted by Crippen LogP contribution is -3.13. The highest BCUT2D eigenvalue weighted by molar-refractivity contribution is 5.98. The molecular weight excluding hydrogens is 460 g/mol. The molecule has 0 aliphatic carbocycles. The highest BCUT2D eigenvalue weighted by atomic mass is 16.1. The van der Waals surface area contributed by atoms with Crippen molar-refractivity contribution in [2.24, 2.45) is 0 Å². The number of para-hydroxylation sites is 2. The van der Waals surface area contributed by atoms with Crippen LogP contribution in [0.2, 0.25) is 0 Å². The lowest BCUT2D eigenvalue weighted by atomic mass is 10.0. The van der Waals surface area contributed by atoms with Crippen molar-refractivity contribution in [2.75, 3.05) is 36.4 Å². The zero-order valence-corrected chi connectivity index (χ0v) is 21.2. The Morgan fingerprint density at radius 3 is 2.24 bits per heavy atom. The van der Waals surface area contributed by atoms with Gasteiger partial charge in [-0.2, -0.15) is 5.26 Å². The molecule has 1 amide bonds. The second-order valence-corrected chi connectivity index (χ2v) is 9.75. The number of amides is 1. The van der Waals surface area contributed by atoms with Crippen LogP contribution < -0.4 is 15.1 Å². The van der Waals surface area contributed by atoms with Gasteiger partial charge in [0.2, 0.25) is 5.91 Å². The molecule has 0 saturated carbocycles. The summed E-state index contributed by atoms with van der Waals surface area (Å²) < 4.78 is 0. The number of quaternary nitrogens is 1. The van der Waals surface area contributed by atoms with E-state index in [2.05, 4.69) is 40.6 Å². The molecule has 5 rings (SSSR count). The fourth-order valence-electron chi connectivity index (χ4n) is 5.03. The van der Waals surface area contributed by atoms with Crippen LogP contribution >= 0.6 is 0 Å². The Morgan fingerprint density at radius 1 is 0.973 bits per heavy atom. The van der Waals surface area contributed by atoms with Crippen LogP contribution in [0, 0.1) is 25.2 Å². The molecule has 1 aliphatic rings. The molecule has 0 spiro atoms. The zero-order valence-electron chi connectivity index (χ0n) is 21.2. The monoisotopic (exact) mass is 491 g/mol. The maximum atomic E-state index is 13.4. The Hall–Kier alpha value is -4.28. The molecule has 186 valence electrons. The number of aryl methyl sites for hydroxylation is 2. The first-order valence-corrected chi connectivity index (χ1v) is 12.7. The minimum absolute atomic E-state index is 0.397. The molecule has 1 aliphatic heterocycles. The van der Waals surface area contributed by atoms with Gasteiger partial charge in [0.05, 0.1) is 43.3 Å². The molecule has 2 heterocycles. The number of fused-ring (bicyclic) bond motifs is 1. The molecule has 3 aromatic carbocycles. The van der Waals surface area contributed by atoms with E-state index in [0.717, 1.165) is 49.4 Å².